The Morgan fingerprint density at radius 3 is 2.80 bits per heavy atom. The predicted octanol–water partition coefficient (Wildman–Crippen LogP) is 1.60. The van der Waals surface area contributed by atoms with Crippen molar-refractivity contribution in [2.75, 3.05) is 12.9 Å². The average molecular weight is 228 g/mol. The van der Waals surface area contributed by atoms with Crippen LogP contribution >= 0.6 is 0 Å². The summed E-state index contributed by atoms with van der Waals surface area (Å²) < 4.78 is 41.2. The summed E-state index contributed by atoms with van der Waals surface area (Å²) in [6.45, 7) is 0.0797. The molecule has 5 heteroatoms. The van der Waals surface area contributed by atoms with Gasteiger partial charge in [0.2, 0.25) is 0 Å². The quantitative estimate of drug-likeness (QED) is 0.733. The molecule has 15 heavy (non-hydrogen) atoms. The normalized spacial score (nSPS) is 15.2. The van der Waals surface area contributed by atoms with E-state index in [1.54, 1.807) is 0 Å². The molecule has 0 spiro atoms. The molecule has 80 valence electrons. The number of hydrogen-bond donors (Lipinski definition) is 0. The van der Waals surface area contributed by atoms with Crippen LogP contribution in [0.1, 0.15) is 5.56 Å². The Balaban J connectivity index is 2.67. The fourth-order valence-electron chi connectivity index (χ4n) is 1.51. The minimum Gasteiger partial charge on any atom is -0.486 e. The number of rotatable bonds is 1. The Bertz CT molecular complexity index is 532. The van der Waals surface area contributed by atoms with E-state index in [0.29, 0.717) is 5.56 Å². The first-order valence-corrected chi connectivity index (χ1v) is 6.21. The first kappa shape index (κ1) is 10.2. The van der Waals surface area contributed by atoms with Crippen LogP contribution in [0.15, 0.2) is 24.3 Å². The maximum atomic E-state index is 13.3. The Kier molecular flexibility index (Phi) is 2.26. The van der Waals surface area contributed by atoms with Crippen LogP contribution in [0.3, 0.4) is 0 Å². The Hall–Kier alpha value is -1.36. The van der Waals surface area contributed by atoms with Crippen LogP contribution < -0.4 is 4.74 Å². The highest BCUT2D eigenvalue weighted by Gasteiger charge is 2.23. The standard InChI is InChI=1S/C10H9FO3S/c1-15(12,13)9-5-6-14-10-7(9)3-2-4-8(10)11/h2-5H,6H2,1H3. The van der Waals surface area contributed by atoms with Crippen molar-refractivity contribution in [2.45, 2.75) is 0 Å². The van der Waals surface area contributed by atoms with Crippen LogP contribution in [-0.4, -0.2) is 21.3 Å². The lowest BCUT2D eigenvalue weighted by molar-refractivity contribution is 0.337. The molecule has 1 aliphatic rings. The largest absolute Gasteiger partial charge is 0.486 e. The van der Waals surface area contributed by atoms with Crippen molar-refractivity contribution in [2.24, 2.45) is 0 Å². The third kappa shape index (κ3) is 1.74. The van der Waals surface area contributed by atoms with Crippen LogP contribution in [0, 0.1) is 5.82 Å². The molecule has 1 heterocycles. The van der Waals surface area contributed by atoms with E-state index in [-0.39, 0.29) is 17.3 Å². The van der Waals surface area contributed by atoms with Crippen molar-refractivity contribution in [1.82, 2.24) is 0 Å². The zero-order valence-electron chi connectivity index (χ0n) is 8.03. The molecule has 2 rings (SSSR count). The lowest BCUT2D eigenvalue weighted by Crippen LogP contribution is -2.11. The number of hydrogen-bond acceptors (Lipinski definition) is 3. The molecule has 0 saturated heterocycles. The number of sulfone groups is 1. The second kappa shape index (κ2) is 3.34. The fraction of sp³-hybridized carbons (Fsp3) is 0.200. The van der Waals surface area contributed by atoms with Gasteiger partial charge < -0.3 is 4.74 Å². The number of halogens is 1. The summed E-state index contributed by atoms with van der Waals surface area (Å²) in [5.74, 6) is -0.526. The van der Waals surface area contributed by atoms with Gasteiger partial charge in [-0.2, -0.15) is 0 Å². The number of para-hydroxylation sites is 1. The zero-order chi connectivity index (χ0) is 11.1. The maximum Gasteiger partial charge on any atom is 0.176 e. The van der Waals surface area contributed by atoms with Gasteiger partial charge in [-0.05, 0) is 18.2 Å². The van der Waals surface area contributed by atoms with Crippen LogP contribution in [-0.2, 0) is 9.84 Å². The lowest BCUT2D eigenvalue weighted by atomic mass is 10.1. The van der Waals surface area contributed by atoms with E-state index in [2.05, 4.69) is 0 Å². The maximum absolute atomic E-state index is 13.3. The molecule has 0 amide bonds. The molecule has 1 aromatic rings. The van der Waals surface area contributed by atoms with Gasteiger partial charge in [0.05, 0.1) is 4.91 Å². The SMILES string of the molecule is CS(=O)(=O)C1=CCOc2c(F)cccc21. The van der Waals surface area contributed by atoms with Gasteiger partial charge in [0.1, 0.15) is 6.61 Å². The second-order valence-electron chi connectivity index (χ2n) is 3.27. The Morgan fingerprint density at radius 1 is 1.40 bits per heavy atom. The van der Waals surface area contributed by atoms with Crippen LogP contribution in [0.5, 0.6) is 5.75 Å². The molecule has 0 fully saturated rings. The molecule has 0 atom stereocenters. The summed E-state index contributed by atoms with van der Waals surface area (Å²) in [7, 11) is -3.34. The van der Waals surface area contributed by atoms with E-state index in [4.69, 9.17) is 4.74 Å². The average Bonchev–Trinajstić information content (AvgIpc) is 2.16. The highest BCUT2D eigenvalue weighted by atomic mass is 32.2. The van der Waals surface area contributed by atoms with Crippen LogP contribution in [0.25, 0.3) is 4.91 Å². The van der Waals surface area contributed by atoms with E-state index in [9.17, 15) is 12.8 Å². The molecule has 0 aliphatic carbocycles. The highest BCUT2D eigenvalue weighted by Crippen LogP contribution is 2.34. The third-order valence-corrected chi connectivity index (χ3v) is 3.31. The highest BCUT2D eigenvalue weighted by molar-refractivity contribution is 8.00. The van der Waals surface area contributed by atoms with Gasteiger partial charge in [0, 0.05) is 11.8 Å². The minimum absolute atomic E-state index is 0.0143. The molecule has 0 radical (unpaired) electrons. The third-order valence-electron chi connectivity index (χ3n) is 2.13. The van der Waals surface area contributed by atoms with Crippen molar-refractivity contribution in [3.8, 4) is 5.75 Å². The van der Waals surface area contributed by atoms with Gasteiger partial charge in [0.15, 0.2) is 21.4 Å². The molecule has 0 N–H and O–H groups in total. The van der Waals surface area contributed by atoms with Gasteiger partial charge in [-0.25, -0.2) is 12.8 Å². The van der Waals surface area contributed by atoms with Crippen molar-refractivity contribution in [3.63, 3.8) is 0 Å². The van der Waals surface area contributed by atoms with E-state index in [1.807, 2.05) is 0 Å². The zero-order valence-corrected chi connectivity index (χ0v) is 8.84. The van der Waals surface area contributed by atoms with Gasteiger partial charge in [-0.3, -0.25) is 0 Å². The van der Waals surface area contributed by atoms with Crippen molar-refractivity contribution >= 4 is 14.7 Å². The summed E-state index contributed by atoms with van der Waals surface area (Å²) in [5.41, 5.74) is 0.295. The molecule has 3 nitrogen and oxygen atoms in total. The molecule has 0 unspecified atom stereocenters. The Labute approximate surface area is 87.1 Å². The van der Waals surface area contributed by atoms with Crippen molar-refractivity contribution in [3.05, 3.63) is 35.7 Å². The summed E-state index contributed by atoms with van der Waals surface area (Å²) in [5, 5.41) is 0. The van der Waals surface area contributed by atoms with Crippen molar-refractivity contribution in [1.29, 1.82) is 0 Å². The second-order valence-corrected chi connectivity index (χ2v) is 5.25. The summed E-state index contributed by atoms with van der Waals surface area (Å²) in [6, 6.07) is 4.23. The van der Waals surface area contributed by atoms with E-state index in [0.717, 1.165) is 6.26 Å². The van der Waals surface area contributed by atoms with E-state index >= 15 is 0 Å². The van der Waals surface area contributed by atoms with Gasteiger partial charge in [-0.1, -0.05) is 6.07 Å². The first-order valence-electron chi connectivity index (χ1n) is 4.32. The molecule has 0 aromatic heterocycles. The summed E-state index contributed by atoms with van der Waals surface area (Å²) in [6.07, 6.45) is 2.54. The predicted molar refractivity (Wildman–Crippen MR) is 54.7 cm³/mol. The van der Waals surface area contributed by atoms with Gasteiger partial charge >= 0.3 is 0 Å². The number of fused-ring (bicyclic) bond motifs is 1. The molecule has 0 saturated carbocycles. The van der Waals surface area contributed by atoms with E-state index < -0.39 is 15.7 Å². The summed E-state index contributed by atoms with van der Waals surface area (Å²) in [4.78, 5) is 0.128. The van der Waals surface area contributed by atoms with Gasteiger partial charge in [0.25, 0.3) is 0 Å². The molecule has 0 bridgehead atoms. The van der Waals surface area contributed by atoms with Gasteiger partial charge in [-0.15, -0.1) is 0 Å². The minimum atomic E-state index is -3.34. The molecular weight excluding hydrogens is 219 g/mol. The molecule has 1 aromatic carbocycles. The molecular formula is C10H9FO3S. The van der Waals surface area contributed by atoms with Crippen molar-refractivity contribution < 1.29 is 17.5 Å². The monoisotopic (exact) mass is 228 g/mol. The number of benzene rings is 1. The van der Waals surface area contributed by atoms with Crippen LogP contribution in [0.2, 0.25) is 0 Å². The smallest absolute Gasteiger partial charge is 0.176 e. The van der Waals surface area contributed by atoms with E-state index in [1.165, 1.54) is 24.3 Å². The molecule has 1 aliphatic heterocycles. The number of ether oxygens (including phenoxy) is 1. The lowest BCUT2D eigenvalue weighted by Gasteiger charge is -2.17. The fourth-order valence-corrected chi connectivity index (χ4v) is 2.44. The topological polar surface area (TPSA) is 43.4 Å². The summed E-state index contributed by atoms with van der Waals surface area (Å²) >= 11 is 0. The van der Waals surface area contributed by atoms with Crippen LogP contribution in [0.4, 0.5) is 4.39 Å². The first-order chi connectivity index (χ1) is 7.00. The Morgan fingerprint density at radius 2 is 2.13 bits per heavy atom.